The molecule has 0 saturated carbocycles. The lowest BCUT2D eigenvalue weighted by molar-refractivity contribution is -0.114. The van der Waals surface area contributed by atoms with E-state index in [1.165, 1.54) is 19.2 Å². The minimum absolute atomic E-state index is 0.0438. The summed E-state index contributed by atoms with van der Waals surface area (Å²) in [6, 6.07) is 11.2. The number of carbonyl (C=O) groups excluding carboxylic acids is 2. The minimum atomic E-state index is -0.380. The number of nitrogens with zero attached hydrogens (tertiary/aromatic N) is 1. The highest BCUT2D eigenvalue weighted by Gasteiger charge is 2.05. The third kappa shape index (κ3) is 5.35. The average molecular weight is 341 g/mol. The van der Waals surface area contributed by atoms with Crippen LogP contribution in [0.3, 0.4) is 0 Å². The molecular formula is C18H19N3O4. The highest BCUT2D eigenvalue weighted by atomic mass is 16.5. The Morgan fingerprint density at radius 2 is 1.92 bits per heavy atom. The van der Waals surface area contributed by atoms with E-state index in [1.54, 1.807) is 36.4 Å². The molecule has 7 nitrogen and oxygen atoms in total. The van der Waals surface area contributed by atoms with Crippen molar-refractivity contribution in [1.29, 1.82) is 0 Å². The summed E-state index contributed by atoms with van der Waals surface area (Å²) in [7, 11) is 0. The van der Waals surface area contributed by atoms with Crippen LogP contribution in [-0.2, 0) is 4.79 Å². The second-order valence-electron chi connectivity index (χ2n) is 5.12. The second-order valence-corrected chi connectivity index (χ2v) is 5.12. The van der Waals surface area contributed by atoms with Gasteiger partial charge in [-0.05, 0) is 55.0 Å². The number of aromatic hydroxyl groups is 1. The Morgan fingerprint density at radius 3 is 2.56 bits per heavy atom. The van der Waals surface area contributed by atoms with Gasteiger partial charge in [0.05, 0.1) is 12.8 Å². The van der Waals surface area contributed by atoms with Crippen molar-refractivity contribution >= 4 is 23.7 Å². The molecule has 0 unspecified atom stereocenters. The maximum Gasteiger partial charge on any atom is 0.271 e. The molecule has 0 aliphatic carbocycles. The molecule has 0 aliphatic heterocycles. The third-order valence-electron chi connectivity index (χ3n) is 3.13. The molecule has 0 aromatic heterocycles. The van der Waals surface area contributed by atoms with Gasteiger partial charge in [-0.1, -0.05) is 0 Å². The van der Waals surface area contributed by atoms with Gasteiger partial charge in [0, 0.05) is 18.2 Å². The zero-order valence-corrected chi connectivity index (χ0v) is 13.9. The fourth-order valence-corrected chi connectivity index (χ4v) is 2.02. The number of phenols is 1. The fourth-order valence-electron chi connectivity index (χ4n) is 2.02. The van der Waals surface area contributed by atoms with Crippen molar-refractivity contribution in [3.63, 3.8) is 0 Å². The van der Waals surface area contributed by atoms with Crippen molar-refractivity contribution in [3.8, 4) is 11.5 Å². The van der Waals surface area contributed by atoms with E-state index in [9.17, 15) is 14.7 Å². The van der Waals surface area contributed by atoms with Gasteiger partial charge in [0.15, 0.2) is 11.5 Å². The van der Waals surface area contributed by atoms with Gasteiger partial charge in [0.2, 0.25) is 5.91 Å². The van der Waals surface area contributed by atoms with E-state index in [4.69, 9.17) is 4.74 Å². The molecule has 0 bridgehead atoms. The van der Waals surface area contributed by atoms with Crippen LogP contribution in [0.15, 0.2) is 47.6 Å². The first-order chi connectivity index (χ1) is 12.0. The molecule has 0 spiro atoms. The van der Waals surface area contributed by atoms with Crippen molar-refractivity contribution in [2.45, 2.75) is 13.8 Å². The molecule has 2 aromatic carbocycles. The number of hydrazone groups is 1. The van der Waals surface area contributed by atoms with Gasteiger partial charge < -0.3 is 15.2 Å². The lowest BCUT2D eigenvalue weighted by atomic mass is 10.2. The van der Waals surface area contributed by atoms with Gasteiger partial charge in [0.1, 0.15) is 0 Å². The number of nitrogens with one attached hydrogen (secondary N) is 2. The topological polar surface area (TPSA) is 100 Å². The predicted molar refractivity (Wildman–Crippen MR) is 95.1 cm³/mol. The quantitative estimate of drug-likeness (QED) is 0.555. The van der Waals surface area contributed by atoms with E-state index in [-0.39, 0.29) is 17.6 Å². The average Bonchev–Trinajstić information content (AvgIpc) is 2.58. The lowest BCUT2D eigenvalue weighted by Crippen LogP contribution is -2.17. The van der Waals surface area contributed by atoms with E-state index >= 15 is 0 Å². The van der Waals surface area contributed by atoms with Gasteiger partial charge >= 0.3 is 0 Å². The van der Waals surface area contributed by atoms with Crippen LogP contribution in [-0.4, -0.2) is 29.7 Å². The van der Waals surface area contributed by atoms with Crippen LogP contribution in [0.1, 0.15) is 29.8 Å². The van der Waals surface area contributed by atoms with E-state index in [2.05, 4.69) is 15.8 Å². The Balaban J connectivity index is 1.98. The number of phenolic OH excluding ortho intramolecular Hbond substituents is 1. The molecule has 25 heavy (non-hydrogen) atoms. The van der Waals surface area contributed by atoms with Gasteiger partial charge in [-0.2, -0.15) is 5.10 Å². The molecule has 0 heterocycles. The fraction of sp³-hybridized carbons (Fsp3) is 0.167. The van der Waals surface area contributed by atoms with Gasteiger partial charge in [-0.3, -0.25) is 9.59 Å². The zero-order valence-electron chi connectivity index (χ0n) is 13.9. The van der Waals surface area contributed by atoms with E-state index in [1.807, 2.05) is 6.92 Å². The van der Waals surface area contributed by atoms with E-state index in [0.717, 1.165) is 0 Å². The number of amides is 2. The molecule has 2 amide bonds. The summed E-state index contributed by atoms with van der Waals surface area (Å²) < 4.78 is 5.28. The molecule has 3 N–H and O–H groups in total. The Bertz CT molecular complexity index is 785. The molecule has 130 valence electrons. The Morgan fingerprint density at radius 1 is 1.20 bits per heavy atom. The van der Waals surface area contributed by atoms with Crippen LogP contribution in [0.4, 0.5) is 5.69 Å². The summed E-state index contributed by atoms with van der Waals surface area (Å²) in [5.74, 6) is -0.162. The molecular weight excluding hydrogens is 322 g/mol. The molecule has 2 aromatic rings. The third-order valence-corrected chi connectivity index (χ3v) is 3.13. The van der Waals surface area contributed by atoms with Gasteiger partial charge in [-0.15, -0.1) is 0 Å². The number of anilines is 1. The number of ether oxygens (including phenoxy) is 1. The predicted octanol–water partition coefficient (Wildman–Crippen LogP) is 2.51. The molecule has 0 fully saturated rings. The first kappa shape index (κ1) is 18.0. The van der Waals surface area contributed by atoms with Crippen LogP contribution in [0.25, 0.3) is 0 Å². The summed E-state index contributed by atoms with van der Waals surface area (Å²) in [5.41, 5.74) is 4.10. The molecule has 0 aliphatic rings. The number of carbonyl (C=O) groups is 2. The van der Waals surface area contributed by atoms with E-state index in [0.29, 0.717) is 29.2 Å². The van der Waals surface area contributed by atoms with Crippen LogP contribution >= 0.6 is 0 Å². The van der Waals surface area contributed by atoms with Crippen molar-refractivity contribution in [2.75, 3.05) is 11.9 Å². The number of benzene rings is 2. The Hall–Kier alpha value is -3.35. The van der Waals surface area contributed by atoms with Crippen LogP contribution in [0, 0.1) is 0 Å². The molecule has 0 atom stereocenters. The van der Waals surface area contributed by atoms with Gasteiger partial charge in [0.25, 0.3) is 5.91 Å². The zero-order chi connectivity index (χ0) is 18.2. The second kappa shape index (κ2) is 8.49. The first-order valence-electron chi connectivity index (χ1n) is 7.66. The normalized spacial score (nSPS) is 10.5. The number of hydrogen-bond donors (Lipinski definition) is 3. The van der Waals surface area contributed by atoms with Crippen molar-refractivity contribution < 1.29 is 19.4 Å². The number of rotatable bonds is 6. The number of hydrogen-bond acceptors (Lipinski definition) is 5. The first-order valence-corrected chi connectivity index (χ1v) is 7.66. The highest BCUT2D eigenvalue weighted by molar-refractivity contribution is 5.96. The standard InChI is InChI=1S/C18H19N3O4/c1-3-25-17-10-13(4-9-16(17)23)11-19-21-18(24)14-5-7-15(8-6-14)20-12(2)22/h4-11,23H,3H2,1-2H3,(H,20,22)(H,21,24)/b19-11+. The van der Waals surface area contributed by atoms with Crippen LogP contribution in [0.5, 0.6) is 11.5 Å². The van der Waals surface area contributed by atoms with Crippen molar-refractivity contribution in [3.05, 3.63) is 53.6 Å². The van der Waals surface area contributed by atoms with Crippen molar-refractivity contribution in [2.24, 2.45) is 5.10 Å². The summed E-state index contributed by atoms with van der Waals surface area (Å²) >= 11 is 0. The SMILES string of the molecule is CCOc1cc(/C=N/NC(=O)c2ccc(NC(C)=O)cc2)ccc1O. The smallest absolute Gasteiger partial charge is 0.271 e. The summed E-state index contributed by atoms with van der Waals surface area (Å²) in [6.45, 7) is 3.66. The largest absolute Gasteiger partial charge is 0.504 e. The van der Waals surface area contributed by atoms with Gasteiger partial charge in [-0.25, -0.2) is 5.43 Å². The maximum absolute atomic E-state index is 12.0. The summed E-state index contributed by atoms with van der Waals surface area (Å²) in [5, 5.41) is 16.2. The maximum atomic E-state index is 12.0. The van der Waals surface area contributed by atoms with Crippen molar-refractivity contribution in [1.82, 2.24) is 5.43 Å². The summed E-state index contributed by atoms with van der Waals surface area (Å²) in [6.07, 6.45) is 1.45. The lowest BCUT2D eigenvalue weighted by Gasteiger charge is -2.06. The Labute approximate surface area is 145 Å². The molecule has 0 saturated heterocycles. The molecule has 0 radical (unpaired) electrons. The minimum Gasteiger partial charge on any atom is -0.504 e. The van der Waals surface area contributed by atoms with Crippen LogP contribution < -0.4 is 15.5 Å². The summed E-state index contributed by atoms with van der Waals surface area (Å²) in [4.78, 5) is 23.0. The highest BCUT2D eigenvalue weighted by Crippen LogP contribution is 2.26. The monoisotopic (exact) mass is 341 g/mol. The van der Waals surface area contributed by atoms with Crippen LogP contribution in [0.2, 0.25) is 0 Å². The molecule has 7 heteroatoms. The van der Waals surface area contributed by atoms with E-state index < -0.39 is 0 Å². The Kier molecular flexibility index (Phi) is 6.11. The molecule has 2 rings (SSSR count).